The molecule has 1 aromatic carbocycles. The molecule has 1 fully saturated rings. The SMILES string of the molecule is COc1ccc(CC(=O)NC2CCC(Sc3ncccn3)CC2)cc1F. The molecule has 0 saturated heterocycles. The first kappa shape index (κ1) is 18.6. The summed E-state index contributed by atoms with van der Waals surface area (Å²) in [5, 5.41) is 4.36. The van der Waals surface area contributed by atoms with Crippen molar-refractivity contribution in [3.8, 4) is 5.75 Å². The number of aromatic nitrogens is 2. The lowest BCUT2D eigenvalue weighted by Crippen LogP contribution is -2.38. The summed E-state index contributed by atoms with van der Waals surface area (Å²) >= 11 is 1.70. The summed E-state index contributed by atoms with van der Waals surface area (Å²) in [5.41, 5.74) is 0.645. The van der Waals surface area contributed by atoms with Crippen LogP contribution >= 0.6 is 11.8 Å². The molecule has 0 atom stereocenters. The van der Waals surface area contributed by atoms with Gasteiger partial charge in [-0.15, -0.1) is 0 Å². The Hall–Kier alpha value is -2.15. The van der Waals surface area contributed by atoms with E-state index < -0.39 is 5.82 Å². The molecule has 3 rings (SSSR count). The summed E-state index contributed by atoms with van der Waals surface area (Å²) in [6.45, 7) is 0. The highest BCUT2D eigenvalue weighted by Gasteiger charge is 2.23. The van der Waals surface area contributed by atoms with Crippen LogP contribution in [0, 0.1) is 5.82 Å². The van der Waals surface area contributed by atoms with E-state index in [1.165, 1.54) is 13.2 Å². The highest BCUT2D eigenvalue weighted by molar-refractivity contribution is 7.99. The van der Waals surface area contributed by atoms with Crippen molar-refractivity contribution in [2.45, 2.75) is 48.6 Å². The first-order valence-electron chi connectivity index (χ1n) is 8.69. The molecule has 7 heteroatoms. The van der Waals surface area contributed by atoms with Gasteiger partial charge in [0.15, 0.2) is 16.7 Å². The number of nitrogens with zero attached hydrogens (tertiary/aromatic N) is 2. The topological polar surface area (TPSA) is 64.1 Å². The van der Waals surface area contributed by atoms with E-state index in [4.69, 9.17) is 4.74 Å². The van der Waals surface area contributed by atoms with Crippen molar-refractivity contribution in [2.75, 3.05) is 7.11 Å². The van der Waals surface area contributed by atoms with Crippen LogP contribution in [0.2, 0.25) is 0 Å². The lowest BCUT2D eigenvalue weighted by molar-refractivity contribution is -0.121. The lowest BCUT2D eigenvalue weighted by Gasteiger charge is -2.28. The normalized spacial score (nSPS) is 19.8. The predicted octanol–water partition coefficient (Wildman–Crippen LogP) is 3.39. The van der Waals surface area contributed by atoms with Crippen LogP contribution in [0.5, 0.6) is 5.75 Å². The molecule has 2 aromatic rings. The van der Waals surface area contributed by atoms with Gasteiger partial charge in [0.25, 0.3) is 0 Å². The maximum absolute atomic E-state index is 13.7. The second-order valence-corrected chi connectivity index (χ2v) is 7.60. The number of rotatable bonds is 6. The van der Waals surface area contributed by atoms with Gasteiger partial charge >= 0.3 is 0 Å². The van der Waals surface area contributed by atoms with Crippen molar-refractivity contribution in [1.82, 2.24) is 15.3 Å². The number of carbonyl (C=O) groups is 1. The molecule has 1 aliphatic carbocycles. The minimum Gasteiger partial charge on any atom is -0.494 e. The fraction of sp³-hybridized carbons (Fsp3) is 0.421. The predicted molar refractivity (Wildman–Crippen MR) is 98.7 cm³/mol. The van der Waals surface area contributed by atoms with E-state index in [1.807, 2.05) is 6.07 Å². The Morgan fingerprint density at radius 1 is 1.27 bits per heavy atom. The van der Waals surface area contributed by atoms with Gasteiger partial charge < -0.3 is 10.1 Å². The molecule has 0 unspecified atom stereocenters. The van der Waals surface area contributed by atoms with Gasteiger partial charge in [0.2, 0.25) is 5.91 Å². The number of carbonyl (C=O) groups excluding carboxylic acids is 1. The van der Waals surface area contributed by atoms with E-state index in [2.05, 4.69) is 15.3 Å². The first-order chi connectivity index (χ1) is 12.6. The van der Waals surface area contributed by atoms with E-state index >= 15 is 0 Å². The largest absolute Gasteiger partial charge is 0.494 e. The quantitative estimate of drug-likeness (QED) is 0.784. The number of thioether (sulfide) groups is 1. The molecule has 0 aliphatic heterocycles. The van der Waals surface area contributed by atoms with Gasteiger partial charge in [0.05, 0.1) is 13.5 Å². The summed E-state index contributed by atoms with van der Waals surface area (Å²) < 4.78 is 18.6. The molecule has 5 nitrogen and oxygen atoms in total. The van der Waals surface area contributed by atoms with Crippen LogP contribution < -0.4 is 10.1 Å². The Bertz CT molecular complexity index is 737. The van der Waals surface area contributed by atoms with Crippen LogP contribution in [-0.2, 0) is 11.2 Å². The fourth-order valence-electron chi connectivity index (χ4n) is 3.10. The number of hydrogen-bond acceptors (Lipinski definition) is 5. The zero-order valence-electron chi connectivity index (χ0n) is 14.7. The second kappa shape index (κ2) is 8.98. The van der Waals surface area contributed by atoms with E-state index in [-0.39, 0.29) is 24.1 Å². The summed E-state index contributed by atoms with van der Waals surface area (Å²) in [5.74, 6) is -0.331. The van der Waals surface area contributed by atoms with Crippen LogP contribution in [0.15, 0.2) is 41.8 Å². The van der Waals surface area contributed by atoms with E-state index in [0.29, 0.717) is 10.8 Å². The highest BCUT2D eigenvalue weighted by Crippen LogP contribution is 2.31. The van der Waals surface area contributed by atoms with Crippen molar-refractivity contribution in [2.24, 2.45) is 0 Å². The van der Waals surface area contributed by atoms with Crippen LogP contribution in [-0.4, -0.2) is 34.3 Å². The van der Waals surface area contributed by atoms with Crippen LogP contribution in [0.4, 0.5) is 4.39 Å². The number of benzene rings is 1. The maximum Gasteiger partial charge on any atom is 0.224 e. The smallest absolute Gasteiger partial charge is 0.224 e. The molecule has 1 N–H and O–H groups in total. The van der Waals surface area contributed by atoms with Crippen LogP contribution in [0.25, 0.3) is 0 Å². The monoisotopic (exact) mass is 375 g/mol. The van der Waals surface area contributed by atoms with Gasteiger partial charge in [-0.3, -0.25) is 4.79 Å². The van der Waals surface area contributed by atoms with Gasteiger partial charge in [-0.2, -0.15) is 0 Å². The molecule has 0 radical (unpaired) electrons. The molecule has 1 amide bonds. The number of hydrogen-bond donors (Lipinski definition) is 1. The highest BCUT2D eigenvalue weighted by atomic mass is 32.2. The van der Waals surface area contributed by atoms with E-state index in [1.54, 1.807) is 36.3 Å². The van der Waals surface area contributed by atoms with Crippen molar-refractivity contribution in [1.29, 1.82) is 0 Å². The second-order valence-electron chi connectivity index (χ2n) is 6.34. The standard InChI is InChI=1S/C19H22FN3O2S/c1-25-17-8-3-13(11-16(17)20)12-18(24)23-14-4-6-15(7-5-14)26-19-21-9-2-10-22-19/h2-3,8-11,14-15H,4-7,12H2,1H3,(H,23,24). The molecule has 1 saturated carbocycles. The Morgan fingerprint density at radius 3 is 2.65 bits per heavy atom. The Labute approximate surface area is 156 Å². The van der Waals surface area contributed by atoms with Gasteiger partial charge in [-0.25, -0.2) is 14.4 Å². The summed E-state index contributed by atoms with van der Waals surface area (Å²) in [7, 11) is 1.42. The molecule has 0 bridgehead atoms. The third-order valence-electron chi connectivity index (χ3n) is 4.43. The number of halogens is 1. The fourth-order valence-corrected chi connectivity index (χ4v) is 4.15. The lowest BCUT2D eigenvalue weighted by atomic mass is 9.95. The van der Waals surface area contributed by atoms with Gasteiger partial charge in [0, 0.05) is 23.7 Å². The summed E-state index contributed by atoms with van der Waals surface area (Å²) in [4.78, 5) is 20.7. The maximum atomic E-state index is 13.7. The molecule has 1 heterocycles. The van der Waals surface area contributed by atoms with Crippen molar-refractivity contribution in [3.05, 3.63) is 48.0 Å². The minimum atomic E-state index is -0.446. The Balaban J connectivity index is 1.44. The molecule has 138 valence electrons. The number of amides is 1. The Morgan fingerprint density at radius 2 is 2.00 bits per heavy atom. The average molecular weight is 375 g/mol. The Kier molecular flexibility index (Phi) is 6.44. The van der Waals surface area contributed by atoms with Crippen LogP contribution in [0.3, 0.4) is 0 Å². The van der Waals surface area contributed by atoms with E-state index in [9.17, 15) is 9.18 Å². The van der Waals surface area contributed by atoms with Gasteiger partial charge in [-0.1, -0.05) is 17.8 Å². The van der Waals surface area contributed by atoms with Crippen molar-refractivity contribution in [3.63, 3.8) is 0 Å². The third-order valence-corrected chi connectivity index (χ3v) is 5.66. The third kappa shape index (κ3) is 5.17. The molecule has 1 aliphatic rings. The number of methoxy groups -OCH3 is 1. The molecule has 1 aromatic heterocycles. The number of ether oxygens (including phenoxy) is 1. The van der Waals surface area contributed by atoms with Crippen LogP contribution in [0.1, 0.15) is 31.2 Å². The first-order valence-corrected chi connectivity index (χ1v) is 9.57. The van der Waals surface area contributed by atoms with Crippen molar-refractivity contribution < 1.29 is 13.9 Å². The van der Waals surface area contributed by atoms with Gasteiger partial charge in [-0.05, 0) is 49.4 Å². The summed E-state index contributed by atoms with van der Waals surface area (Å²) in [6, 6.07) is 6.61. The molecular formula is C19H22FN3O2S. The average Bonchev–Trinajstić information content (AvgIpc) is 2.64. The zero-order valence-corrected chi connectivity index (χ0v) is 15.5. The zero-order chi connectivity index (χ0) is 18.4. The van der Waals surface area contributed by atoms with Crippen molar-refractivity contribution >= 4 is 17.7 Å². The minimum absolute atomic E-state index is 0.0722. The summed E-state index contributed by atoms with van der Waals surface area (Å²) in [6.07, 6.45) is 7.59. The van der Waals surface area contributed by atoms with E-state index in [0.717, 1.165) is 30.8 Å². The number of nitrogens with one attached hydrogen (secondary N) is 1. The molecule has 0 spiro atoms. The van der Waals surface area contributed by atoms with Gasteiger partial charge in [0.1, 0.15) is 0 Å². The molecular weight excluding hydrogens is 353 g/mol. The molecule has 26 heavy (non-hydrogen) atoms.